The van der Waals surface area contributed by atoms with Crippen molar-refractivity contribution in [1.82, 2.24) is 0 Å². The summed E-state index contributed by atoms with van der Waals surface area (Å²) < 4.78 is 5.20. The smallest absolute Gasteiger partial charge is 0.156 e. The van der Waals surface area contributed by atoms with Crippen LogP contribution in [0.5, 0.6) is 0 Å². The number of benzene rings is 1. The first-order chi connectivity index (χ1) is 8.63. The van der Waals surface area contributed by atoms with Gasteiger partial charge in [-0.25, -0.2) is 0 Å². The summed E-state index contributed by atoms with van der Waals surface area (Å²) in [7, 11) is 0. The van der Waals surface area contributed by atoms with Crippen molar-refractivity contribution in [2.45, 2.75) is 24.5 Å². The molecule has 0 saturated carbocycles. The molecule has 0 amide bonds. The van der Waals surface area contributed by atoms with E-state index in [-0.39, 0.29) is 6.61 Å². The fourth-order valence-corrected chi connectivity index (χ4v) is 1.79. The molecule has 0 spiro atoms. The van der Waals surface area contributed by atoms with E-state index in [1.54, 1.807) is 24.3 Å². The zero-order valence-electron chi connectivity index (χ0n) is 9.52. The van der Waals surface area contributed by atoms with Crippen LogP contribution in [0.15, 0.2) is 24.3 Å². The van der Waals surface area contributed by atoms with Crippen LogP contribution in [0.4, 0.5) is 5.69 Å². The second-order valence-electron chi connectivity index (χ2n) is 4.10. The number of para-hydroxylation sites is 1. The summed E-state index contributed by atoms with van der Waals surface area (Å²) in [6, 6.07) is 8.77. The van der Waals surface area contributed by atoms with Crippen molar-refractivity contribution in [1.29, 1.82) is 5.26 Å². The lowest BCUT2D eigenvalue weighted by Gasteiger charge is -2.36. The Bertz CT molecular complexity index is 460. The predicted octanol–water partition coefficient (Wildman–Crippen LogP) is -0.591. The standard InChI is InChI=1S/C12H14N2O4/c13-5-7-3-1-2-4-8(7)14-12-11(17)10(16)9(15)6-18-12/h1-4,9-12,14-17H,6H2/t9-,10-,11-,12-/m1/s1. The van der Waals surface area contributed by atoms with E-state index in [9.17, 15) is 15.3 Å². The monoisotopic (exact) mass is 250 g/mol. The molecule has 4 N–H and O–H groups in total. The minimum atomic E-state index is -1.27. The first kappa shape index (κ1) is 12.8. The summed E-state index contributed by atoms with van der Waals surface area (Å²) in [5.74, 6) is 0. The molecule has 1 aromatic carbocycles. The summed E-state index contributed by atoms with van der Waals surface area (Å²) in [5.41, 5.74) is 0.918. The predicted molar refractivity (Wildman–Crippen MR) is 62.5 cm³/mol. The van der Waals surface area contributed by atoms with Crippen LogP contribution in [-0.4, -0.2) is 46.5 Å². The van der Waals surface area contributed by atoms with Crippen LogP contribution in [0.1, 0.15) is 5.56 Å². The summed E-state index contributed by atoms with van der Waals surface area (Å²) >= 11 is 0. The van der Waals surface area contributed by atoms with E-state index in [1.165, 1.54) is 0 Å². The summed E-state index contributed by atoms with van der Waals surface area (Å²) in [4.78, 5) is 0. The van der Waals surface area contributed by atoms with Crippen LogP contribution in [0, 0.1) is 11.3 Å². The molecule has 1 saturated heterocycles. The fraction of sp³-hybridized carbons (Fsp3) is 0.417. The van der Waals surface area contributed by atoms with Gasteiger partial charge in [0.15, 0.2) is 6.23 Å². The number of nitrogens with zero attached hydrogens (tertiary/aromatic N) is 1. The highest BCUT2D eigenvalue weighted by atomic mass is 16.5. The molecule has 1 aliphatic heterocycles. The molecule has 4 atom stereocenters. The quantitative estimate of drug-likeness (QED) is 0.559. The molecule has 0 bridgehead atoms. The second-order valence-corrected chi connectivity index (χ2v) is 4.10. The minimum absolute atomic E-state index is 0.0788. The number of anilines is 1. The van der Waals surface area contributed by atoms with Crippen LogP contribution >= 0.6 is 0 Å². The average molecular weight is 250 g/mol. The molecule has 1 aliphatic rings. The Hall–Kier alpha value is -1.65. The molecule has 0 radical (unpaired) electrons. The third-order valence-corrected chi connectivity index (χ3v) is 2.85. The van der Waals surface area contributed by atoms with E-state index in [0.29, 0.717) is 11.3 Å². The van der Waals surface area contributed by atoms with Gasteiger partial charge in [0.05, 0.1) is 17.9 Å². The lowest BCUT2D eigenvalue weighted by Crippen LogP contribution is -2.55. The highest BCUT2D eigenvalue weighted by Crippen LogP contribution is 2.20. The van der Waals surface area contributed by atoms with Crippen LogP contribution < -0.4 is 5.32 Å². The van der Waals surface area contributed by atoms with Gasteiger partial charge in [0.25, 0.3) is 0 Å². The van der Waals surface area contributed by atoms with Gasteiger partial charge in [-0.1, -0.05) is 12.1 Å². The molecule has 18 heavy (non-hydrogen) atoms. The first-order valence-corrected chi connectivity index (χ1v) is 5.55. The first-order valence-electron chi connectivity index (χ1n) is 5.55. The summed E-state index contributed by atoms with van der Waals surface area (Å²) in [6.07, 6.45) is -4.51. The molecule has 1 aromatic rings. The molecule has 0 unspecified atom stereocenters. The molecule has 96 valence electrons. The molecule has 6 heteroatoms. The number of hydrogen-bond acceptors (Lipinski definition) is 6. The largest absolute Gasteiger partial charge is 0.388 e. The number of nitriles is 1. The van der Waals surface area contributed by atoms with E-state index < -0.39 is 24.5 Å². The Morgan fingerprint density at radius 2 is 1.94 bits per heavy atom. The topological polar surface area (TPSA) is 106 Å². The number of rotatable bonds is 2. The van der Waals surface area contributed by atoms with E-state index >= 15 is 0 Å². The van der Waals surface area contributed by atoms with Crippen molar-refractivity contribution in [3.63, 3.8) is 0 Å². The van der Waals surface area contributed by atoms with Gasteiger partial charge >= 0.3 is 0 Å². The molecule has 0 aromatic heterocycles. The van der Waals surface area contributed by atoms with Gasteiger partial charge in [-0.05, 0) is 12.1 Å². The van der Waals surface area contributed by atoms with Crippen molar-refractivity contribution in [3.05, 3.63) is 29.8 Å². The van der Waals surface area contributed by atoms with Gasteiger partial charge in [0.2, 0.25) is 0 Å². The summed E-state index contributed by atoms with van der Waals surface area (Å²) in [5, 5.41) is 40.4. The lowest BCUT2D eigenvalue weighted by molar-refractivity contribution is -0.178. The molecular formula is C12H14N2O4. The maximum absolute atomic E-state index is 9.75. The summed E-state index contributed by atoms with van der Waals surface area (Å²) in [6.45, 7) is -0.0788. The Morgan fingerprint density at radius 3 is 2.67 bits per heavy atom. The zero-order chi connectivity index (χ0) is 13.1. The van der Waals surface area contributed by atoms with Crippen molar-refractivity contribution < 1.29 is 20.1 Å². The van der Waals surface area contributed by atoms with Crippen LogP contribution in [0.25, 0.3) is 0 Å². The average Bonchev–Trinajstić information content (AvgIpc) is 2.40. The van der Waals surface area contributed by atoms with Crippen LogP contribution in [0.3, 0.4) is 0 Å². The Morgan fingerprint density at radius 1 is 1.22 bits per heavy atom. The van der Waals surface area contributed by atoms with Gasteiger partial charge in [-0.2, -0.15) is 5.26 Å². The maximum atomic E-state index is 9.75. The van der Waals surface area contributed by atoms with E-state index in [4.69, 9.17) is 10.00 Å². The Balaban J connectivity index is 2.12. The van der Waals surface area contributed by atoms with Crippen LogP contribution in [0.2, 0.25) is 0 Å². The third-order valence-electron chi connectivity index (χ3n) is 2.85. The molecule has 6 nitrogen and oxygen atoms in total. The van der Waals surface area contributed by atoms with Gasteiger partial charge < -0.3 is 25.4 Å². The Kier molecular flexibility index (Phi) is 3.79. The van der Waals surface area contributed by atoms with Crippen molar-refractivity contribution in [3.8, 4) is 6.07 Å². The lowest BCUT2D eigenvalue weighted by atomic mass is 10.0. The van der Waals surface area contributed by atoms with Gasteiger partial charge in [-0.3, -0.25) is 0 Å². The molecular weight excluding hydrogens is 236 g/mol. The third kappa shape index (κ3) is 2.44. The number of aliphatic hydroxyl groups excluding tert-OH is 3. The van der Waals surface area contributed by atoms with Gasteiger partial charge in [0, 0.05) is 0 Å². The number of ether oxygens (including phenoxy) is 1. The van der Waals surface area contributed by atoms with Crippen LogP contribution in [-0.2, 0) is 4.74 Å². The van der Waals surface area contributed by atoms with E-state index in [2.05, 4.69) is 5.32 Å². The maximum Gasteiger partial charge on any atom is 0.156 e. The minimum Gasteiger partial charge on any atom is -0.388 e. The Labute approximate surface area is 104 Å². The highest BCUT2D eigenvalue weighted by molar-refractivity contribution is 5.57. The second kappa shape index (κ2) is 5.33. The molecule has 1 fully saturated rings. The molecule has 2 rings (SSSR count). The van der Waals surface area contributed by atoms with Crippen molar-refractivity contribution in [2.75, 3.05) is 11.9 Å². The van der Waals surface area contributed by atoms with Gasteiger partial charge in [0.1, 0.15) is 24.4 Å². The van der Waals surface area contributed by atoms with Crippen molar-refractivity contribution in [2.24, 2.45) is 0 Å². The molecule has 1 heterocycles. The van der Waals surface area contributed by atoms with E-state index in [1.807, 2.05) is 6.07 Å². The normalized spacial score (nSPS) is 31.7. The zero-order valence-corrected chi connectivity index (χ0v) is 9.52. The fourth-order valence-electron chi connectivity index (χ4n) is 1.79. The van der Waals surface area contributed by atoms with Gasteiger partial charge in [-0.15, -0.1) is 0 Å². The number of hydrogen-bond donors (Lipinski definition) is 4. The van der Waals surface area contributed by atoms with E-state index in [0.717, 1.165) is 0 Å². The van der Waals surface area contributed by atoms with Crippen molar-refractivity contribution >= 4 is 5.69 Å². The number of aliphatic hydroxyl groups is 3. The number of nitrogens with one attached hydrogen (secondary N) is 1. The molecule has 0 aliphatic carbocycles. The highest BCUT2D eigenvalue weighted by Gasteiger charge is 2.37. The SMILES string of the molecule is N#Cc1ccccc1N[C@@H]1OC[C@@H](O)[C@@H](O)[C@H]1O.